The predicted octanol–water partition coefficient (Wildman–Crippen LogP) is 2.10. The molecule has 0 radical (unpaired) electrons. The summed E-state index contributed by atoms with van der Waals surface area (Å²) in [7, 11) is 0. The summed E-state index contributed by atoms with van der Waals surface area (Å²) in [4.78, 5) is 31.8. The van der Waals surface area contributed by atoms with Crippen LogP contribution < -0.4 is 11.0 Å². The zero-order valence-corrected chi connectivity index (χ0v) is 18.2. The zero-order valence-electron chi connectivity index (χ0n) is 17.4. The van der Waals surface area contributed by atoms with Gasteiger partial charge in [0.2, 0.25) is 5.91 Å². The van der Waals surface area contributed by atoms with Crippen molar-refractivity contribution in [2.24, 2.45) is 0 Å². The number of carbonyl (C=O) groups excluding carboxylic acids is 1. The molecule has 7 nitrogen and oxygen atoms in total. The van der Waals surface area contributed by atoms with E-state index in [2.05, 4.69) is 15.2 Å². The third-order valence-corrected chi connectivity index (χ3v) is 6.60. The van der Waals surface area contributed by atoms with Crippen LogP contribution in [-0.2, 0) is 28.9 Å². The molecule has 0 atom stereocenters. The lowest BCUT2D eigenvalue weighted by Crippen LogP contribution is -2.40. The lowest BCUT2D eigenvalue weighted by atomic mass is 10.2. The second-order valence-electron chi connectivity index (χ2n) is 7.79. The number of hydrogen-bond acceptors (Lipinski definition) is 6. The van der Waals surface area contributed by atoms with Crippen LogP contribution in [0.25, 0.3) is 0 Å². The third-order valence-electron chi connectivity index (χ3n) is 5.59. The molecule has 1 aromatic heterocycles. The monoisotopic (exact) mass is 428 g/mol. The third kappa shape index (κ3) is 5.11. The van der Waals surface area contributed by atoms with E-state index in [-0.39, 0.29) is 17.3 Å². The topological polar surface area (TPSA) is 76.5 Å². The second kappa shape index (κ2) is 9.76. The van der Waals surface area contributed by atoms with E-state index < -0.39 is 0 Å². The smallest absolute Gasteiger partial charge is 0.348 e. The van der Waals surface area contributed by atoms with Crippen LogP contribution in [0, 0.1) is 6.92 Å². The van der Waals surface area contributed by atoms with E-state index >= 15 is 0 Å². The largest absolute Gasteiger partial charge is 0.379 e. The molecule has 1 aromatic carbocycles. The first-order chi connectivity index (χ1) is 14.6. The SMILES string of the molecule is Cc1cccc(NC(=O)CSc2nc(=O)n(CCN3CCOCC3)c3c2CCC3)c1. The van der Waals surface area contributed by atoms with Crippen molar-refractivity contribution in [3.05, 3.63) is 51.6 Å². The summed E-state index contributed by atoms with van der Waals surface area (Å²) in [5.41, 5.74) is 3.93. The molecule has 4 rings (SSSR count). The summed E-state index contributed by atoms with van der Waals surface area (Å²) in [6, 6.07) is 7.73. The maximum absolute atomic E-state index is 12.7. The highest BCUT2D eigenvalue weighted by Crippen LogP contribution is 2.29. The fraction of sp³-hybridized carbons (Fsp3) is 0.500. The Morgan fingerprint density at radius 1 is 1.23 bits per heavy atom. The number of nitrogens with zero attached hydrogens (tertiary/aromatic N) is 3. The van der Waals surface area contributed by atoms with Crippen molar-refractivity contribution in [1.29, 1.82) is 0 Å². The van der Waals surface area contributed by atoms with E-state index in [4.69, 9.17) is 4.74 Å². The van der Waals surface area contributed by atoms with Crippen LogP contribution in [0.3, 0.4) is 0 Å². The molecule has 1 aliphatic heterocycles. The van der Waals surface area contributed by atoms with Gasteiger partial charge in [0.05, 0.1) is 19.0 Å². The highest BCUT2D eigenvalue weighted by molar-refractivity contribution is 8.00. The van der Waals surface area contributed by atoms with Gasteiger partial charge in [-0.25, -0.2) is 4.79 Å². The van der Waals surface area contributed by atoms with Gasteiger partial charge in [-0.2, -0.15) is 4.98 Å². The number of rotatable bonds is 7. The first-order valence-corrected chi connectivity index (χ1v) is 11.5. The lowest BCUT2D eigenvalue weighted by Gasteiger charge is -2.27. The minimum atomic E-state index is -0.203. The summed E-state index contributed by atoms with van der Waals surface area (Å²) in [5.74, 6) is 0.153. The maximum atomic E-state index is 12.7. The first kappa shape index (κ1) is 21.1. The molecule has 1 amide bonds. The fourth-order valence-electron chi connectivity index (χ4n) is 4.06. The number of amides is 1. The van der Waals surface area contributed by atoms with Crippen LogP contribution in [0.1, 0.15) is 23.2 Å². The number of anilines is 1. The summed E-state index contributed by atoms with van der Waals surface area (Å²) < 4.78 is 7.24. The molecule has 2 aliphatic rings. The fourth-order valence-corrected chi connectivity index (χ4v) is 4.93. The van der Waals surface area contributed by atoms with E-state index in [1.165, 1.54) is 11.8 Å². The lowest BCUT2D eigenvalue weighted by molar-refractivity contribution is -0.113. The van der Waals surface area contributed by atoms with Crippen molar-refractivity contribution in [1.82, 2.24) is 14.5 Å². The molecular weight excluding hydrogens is 400 g/mol. The highest BCUT2D eigenvalue weighted by Gasteiger charge is 2.23. The number of thioether (sulfide) groups is 1. The van der Waals surface area contributed by atoms with Crippen LogP contribution in [0.15, 0.2) is 34.1 Å². The zero-order chi connectivity index (χ0) is 20.9. The van der Waals surface area contributed by atoms with Gasteiger partial charge in [0.1, 0.15) is 5.03 Å². The van der Waals surface area contributed by atoms with Crippen molar-refractivity contribution in [2.75, 3.05) is 43.9 Å². The van der Waals surface area contributed by atoms with Gasteiger partial charge >= 0.3 is 5.69 Å². The van der Waals surface area contributed by atoms with E-state index in [9.17, 15) is 9.59 Å². The second-order valence-corrected chi connectivity index (χ2v) is 8.75. The number of hydrogen-bond donors (Lipinski definition) is 1. The van der Waals surface area contributed by atoms with Crippen molar-refractivity contribution < 1.29 is 9.53 Å². The standard InChI is InChI=1S/C22H28N4O3S/c1-16-4-2-5-17(14-16)23-20(27)15-30-21-18-6-3-7-19(18)26(22(28)24-21)9-8-25-10-12-29-13-11-25/h2,4-5,14H,3,6-13,15H2,1H3,(H,23,27). The van der Waals surface area contributed by atoms with Gasteiger partial charge in [-0.3, -0.25) is 14.3 Å². The Hall–Kier alpha value is -2.16. The van der Waals surface area contributed by atoms with Crippen molar-refractivity contribution in [3.8, 4) is 0 Å². The van der Waals surface area contributed by atoms with Gasteiger partial charge in [0, 0.05) is 43.1 Å². The first-order valence-electron chi connectivity index (χ1n) is 10.5. The molecule has 0 spiro atoms. The quantitative estimate of drug-likeness (QED) is 0.538. The molecule has 1 fully saturated rings. The van der Waals surface area contributed by atoms with E-state index in [0.29, 0.717) is 6.54 Å². The van der Waals surface area contributed by atoms with Crippen LogP contribution in [0.5, 0.6) is 0 Å². The van der Waals surface area contributed by atoms with E-state index in [0.717, 1.165) is 79.6 Å². The number of fused-ring (bicyclic) bond motifs is 1. The number of aromatic nitrogens is 2. The summed E-state index contributed by atoms with van der Waals surface area (Å²) in [6.07, 6.45) is 2.85. The predicted molar refractivity (Wildman–Crippen MR) is 118 cm³/mol. The highest BCUT2D eigenvalue weighted by atomic mass is 32.2. The van der Waals surface area contributed by atoms with Crippen molar-refractivity contribution >= 4 is 23.4 Å². The molecular formula is C22H28N4O3S. The molecule has 2 aromatic rings. The number of carbonyl (C=O) groups is 1. The molecule has 0 unspecified atom stereocenters. The van der Waals surface area contributed by atoms with Crippen LogP contribution in [0.2, 0.25) is 0 Å². The average molecular weight is 429 g/mol. The average Bonchev–Trinajstić information content (AvgIpc) is 3.22. The van der Waals surface area contributed by atoms with Crippen LogP contribution >= 0.6 is 11.8 Å². The number of ether oxygens (including phenoxy) is 1. The number of benzene rings is 1. The van der Waals surface area contributed by atoms with Gasteiger partial charge in [0.25, 0.3) is 0 Å². The molecule has 2 heterocycles. The van der Waals surface area contributed by atoms with Gasteiger partial charge in [-0.1, -0.05) is 23.9 Å². The van der Waals surface area contributed by atoms with Crippen LogP contribution in [-0.4, -0.2) is 59.0 Å². The molecule has 0 saturated carbocycles. The molecule has 1 N–H and O–H groups in total. The Labute approximate surface area is 180 Å². The molecule has 1 aliphatic carbocycles. The number of nitrogens with one attached hydrogen (secondary N) is 1. The molecule has 30 heavy (non-hydrogen) atoms. The van der Waals surface area contributed by atoms with Gasteiger partial charge in [-0.15, -0.1) is 0 Å². The normalized spacial score (nSPS) is 16.4. The Kier molecular flexibility index (Phi) is 6.86. The van der Waals surface area contributed by atoms with E-state index in [1.54, 1.807) is 0 Å². The Balaban J connectivity index is 1.41. The molecule has 1 saturated heterocycles. The maximum Gasteiger partial charge on any atom is 0.348 e. The van der Waals surface area contributed by atoms with Gasteiger partial charge in [-0.05, 0) is 43.9 Å². The molecule has 0 bridgehead atoms. The van der Waals surface area contributed by atoms with Crippen molar-refractivity contribution in [2.45, 2.75) is 37.8 Å². The molecule has 160 valence electrons. The molecule has 8 heteroatoms. The minimum absolute atomic E-state index is 0.0874. The van der Waals surface area contributed by atoms with Crippen molar-refractivity contribution in [3.63, 3.8) is 0 Å². The summed E-state index contributed by atoms with van der Waals surface area (Å²) >= 11 is 1.36. The number of aryl methyl sites for hydroxylation is 1. The number of morpholine rings is 1. The van der Waals surface area contributed by atoms with Gasteiger partial charge < -0.3 is 10.1 Å². The Morgan fingerprint density at radius 2 is 2.07 bits per heavy atom. The van der Waals surface area contributed by atoms with Gasteiger partial charge in [0.15, 0.2) is 0 Å². The summed E-state index contributed by atoms with van der Waals surface area (Å²) in [6.45, 7) is 6.82. The minimum Gasteiger partial charge on any atom is -0.379 e. The van der Waals surface area contributed by atoms with E-state index in [1.807, 2.05) is 35.8 Å². The van der Waals surface area contributed by atoms with Crippen LogP contribution in [0.4, 0.5) is 5.69 Å². The summed E-state index contributed by atoms with van der Waals surface area (Å²) in [5, 5.41) is 3.63. The Morgan fingerprint density at radius 3 is 2.87 bits per heavy atom. The Bertz CT molecular complexity index is 969.